The summed E-state index contributed by atoms with van der Waals surface area (Å²) in [7, 11) is 3.27. The number of carboxylic acids is 1. The van der Waals surface area contributed by atoms with Gasteiger partial charge in [0.05, 0.1) is 11.6 Å². The molecule has 36 heavy (non-hydrogen) atoms. The van der Waals surface area contributed by atoms with E-state index in [2.05, 4.69) is 22.4 Å². The Balaban J connectivity index is 0.000000200. The Morgan fingerprint density at radius 2 is 1.67 bits per heavy atom. The molecule has 7 nitrogen and oxygen atoms in total. The minimum Gasteiger partial charge on any atom is -0.507 e. The van der Waals surface area contributed by atoms with Gasteiger partial charge in [-0.15, -0.1) is 0 Å². The molecule has 3 aromatic carbocycles. The van der Waals surface area contributed by atoms with Crippen LogP contribution in [0.1, 0.15) is 15.9 Å². The molecule has 1 saturated heterocycles. The maximum absolute atomic E-state index is 10.3. The molecule has 0 spiro atoms. The molecule has 190 valence electrons. The zero-order chi connectivity index (χ0) is 26.4. The number of rotatable bonds is 7. The fourth-order valence-electron chi connectivity index (χ4n) is 2.43. The van der Waals surface area contributed by atoms with Crippen LogP contribution in [0.3, 0.4) is 0 Å². The third kappa shape index (κ3) is 9.81. The van der Waals surface area contributed by atoms with Gasteiger partial charge in [-0.25, -0.2) is 4.79 Å². The van der Waals surface area contributed by atoms with Crippen LogP contribution < -0.4 is 14.8 Å². The monoisotopic (exact) mass is 598 g/mol. The number of hydrogen-bond donors (Lipinski definition) is 2. The van der Waals surface area contributed by atoms with Crippen molar-refractivity contribution in [2.24, 2.45) is 10.2 Å². The van der Waals surface area contributed by atoms with Crippen LogP contribution in [0.2, 0.25) is 0 Å². The molecule has 13 heteroatoms. The highest BCUT2D eigenvalue weighted by atomic mass is 33.7. The molecule has 0 unspecified atom stereocenters. The predicted molar refractivity (Wildman–Crippen MR) is 161 cm³/mol. The average Bonchev–Trinajstić information content (AvgIpc) is 2.89. The summed E-state index contributed by atoms with van der Waals surface area (Å²) in [6, 6.07) is 21.5. The number of carboxylic acid groups (broad SMARTS) is 1. The van der Waals surface area contributed by atoms with Gasteiger partial charge in [0.1, 0.15) is 22.8 Å². The summed E-state index contributed by atoms with van der Waals surface area (Å²) in [6.45, 7) is 1.19. The Labute approximate surface area is 229 Å². The van der Waals surface area contributed by atoms with E-state index in [0.29, 0.717) is 0 Å². The summed E-state index contributed by atoms with van der Waals surface area (Å²) >= 11 is 14.2. The second-order valence-electron chi connectivity index (χ2n) is 6.59. The first-order chi connectivity index (χ1) is 17.3. The largest absolute Gasteiger partial charge is 0.507 e. The molecule has 0 amide bonds. The second-order valence-corrected chi connectivity index (χ2v) is 22.3. The van der Waals surface area contributed by atoms with Crippen molar-refractivity contribution in [1.82, 2.24) is 0 Å². The number of thiocarbonyl (C=S) groups is 1. The molecular weight excluding hydrogens is 574 g/mol. The number of hydrogen-bond acceptors (Lipinski definition) is 10. The van der Waals surface area contributed by atoms with E-state index in [4.69, 9.17) is 43.7 Å². The van der Waals surface area contributed by atoms with E-state index in [9.17, 15) is 4.79 Å². The summed E-state index contributed by atoms with van der Waals surface area (Å²) in [6.07, 6.45) is 0. The third-order valence-corrected chi connectivity index (χ3v) is 27.6. The number of benzene rings is 3. The summed E-state index contributed by atoms with van der Waals surface area (Å²) in [5.74, 6) is 0.365. The Hall–Kier alpha value is -2.00. The second kappa shape index (κ2) is 16.0. The Bertz CT molecular complexity index is 1200. The van der Waals surface area contributed by atoms with Crippen molar-refractivity contribution in [2.75, 3.05) is 20.9 Å². The average molecular weight is 599 g/mol. The van der Waals surface area contributed by atoms with Crippen LogP contribution in [0, 0.1) is 0 Å². The van der Waals surface area contributed by atoms with Gasteiger partial charge in [0.25, 0.3) is 0 Å². The van der Waals surface area contributed by atoms with E-state index in [1.165, 1.54) is 17.4 Å². The number of phenols is 1. The molecule has 1 heterocycles. The highest BCUT2D eigenvalue weighted by Crippen LogP contribution is 2.92. The molecular formula is C23H24N2O5P2S4. The molecule has 1 fully saturated rings. The number of ether oxygens (including phenoxy) is 2. The smallest absolute Gasteiger partial charge is 0.339 e. The first-order valence-electron chi connectivity index (χ1n) is 10.1. The number of methoxy groups -OCH3 is 1. The maximum atomic E-state index is 10.3. The van der Waals surface area contributed by atoms with E-state index >= 15 is 0 Å². The van der Waals surface area contributed by atoms with E-state index in [0.717, 1.165) is 24.0 Å². The Morgan fingerprint density at radius 3 is 2.11 bits per heavy atom. The normalized spacial score (nSPS) is 16.5. The van der Waals surface area contributed by atoms with Crippen LogP contribution in [-0.2, 0) is 11.8 Å². The summed E-state index contributed by atoms with van der Waals surface area (Å²) in [4.78, 5) is 10.3. The molecule has 2 N–H and O–H groups in total. The third-order valence-electron chi connectivity index (χ3n) is 4.28. The van der Waals surface area contributed by atoms with Crippen LogP contribution in [0.5, 0.6) is 17.2 Å². The molecule has 0 radical (unpaired) electrons. The van der Waals surface area contributed by atoms with E-state index in [1.54, 1.807) is 31.7 Å². The van der Waals surface area contributed by atoms with Crippen LogP contribution in [0.15, 0.2) is 83.0 Å². The minimum absolute atomic E-state index is 0.0671. The lowest BCUT2D eigenvalue weighted by atomic mass is 10.2. The lowest BCUT2D eigenvalue weighted by Crippen LogP contribution is -2.01. The van der Waals surface area contributed by atoms with Gasteiger partial charge in [-0.05, 0) is 54.1 Å². The molecule has 0 aliphatic carbocycles. The van der Waals surface area contributed by atoms with Crippen molar-refractivity contribution in [1.29, 1.82) is 0 Å². The van der Waals surface area contributed by atoms with Crippen molar-refractivity contribution in [3.05, 3.63) is 83.9 Å². The van der Waals surface area contributed by atoms with Crippen molar-refractivity contribution >= 4 is 74.1 Å². The molecule has 0 bridgehead atoms. The highest BCUT2D eigenvalue weighted by molar-refractivity contribution is 9.39. The van der Waals surface area contributed by atoms with Crippen LogP contribution in [0.25, 0.3) is 0 Å². The number of para-hydroxylation sites is 1. The van der Waals surface area contributed by atoms with Crippen LogP contribution in [0.4, 0.5) is 0 Å². The van der Waals surface area contributed by atoms with Crippen LogP contribution in [-0.4, -0.2) is 42.4 Å². The zero-order valence-corrected chi connectivity index (χ0v) is 24.5. The Kier molecular flexibility index (Phi) is 13.4. The molecule has 1 aliphatic rings. The van der Waals surface area contributed by atoms with Gasteiger partial charge in [0.2, 0.25) is 0 Å². The number of nitrogens with zero attached hydrogens (tertiary/aromatic N) is 2. The number of azo groups is 1. The van der Waals surface area contributed by atoms with E-state index < -0.39 is 10.4 Å². The van der Waals surface area contributed by atoms with Crippen LogP contribution >= 0.6 is 45.6 Å². The number of carbonyl (C=O) groups is 1. The molecule has 0 aromatic heterocycles. The fourth-order valence-corrected chi connectivity index (χ4v) is 20.3. The highest BCUT2D eigenvalue weighted by Gasteiger charge is 2.29. The predicted octanol–water partition coefficient (Wildman–Crippen LogP) is 7.16. The summed E-state index contributed by atoms with van der Waals surface area (Å²) in [5, 5.41) is 27.6. The van der Waals surface area contributed by atoms with Gasteiger partial charge >= 0.3 is 5.97 Å². The molecule has 3 aromatic rings. The molecule has 0 saturated carbocycles. The SMILES string of the molecule is CN=NCOc1ccc(P2(=S)SPS2)cc1.COc1ccc(C=S)cc1.O=C(O)c1ccccc1O. The van der Waals surface area contributed by atoms with Crippen molar-refractivity contribution in [2.45, 2.75) is 0 Å². The summed E-state index contributed by atoms with van der Waals surface area (Å²) in [5.41, 5.74) is 0.971. The van der Waals surface area contributed by atoms with E-state index in [-0.39, 0.29) is 18.0 Å². The van der Waals surface area contributed by atoms with E-state index in [1.807, 2.05) is 58.4 Å². The first-order valence-corrected chi connectivity index (χ1v) is 18.7. The standard InChI is InChI=1S/C8H10N2OP2S3.C8H8OS.C7H6O3/c1-9-10-6-11-7-2-4-8(5-3-7)13(14)15-12-16-13;1-9-8-4-2-7(6-10)3-5-8;8-6-4-2-1-3-5(6)7(9)10/h2-5,12H,6H2,1H3;2-6H,1H3;1-4,8H,(H,9,10). The fraction of sp³-hybridized carbons (Fsp3) is 0.130. The van der Waals surface area contributed by atoms with Gasteiger partial charge in [-0.1, -0.05) is 70.3 Å². The topological polar surface area (TPSA) is 101 Å². The quantitative estimate of drug-likeness (QED) is 0.167. The minimum atomic E-state index is -1.32. The molecule has 0 atom stereocenters. The molecule has 1 aliphatic heterocycles. The van der Waals surface area contributed by atoms with Crippen molar-refractivity contribution in [3.8, 4) is 17.2 Å². The van der Waals surface area contributed by atoms with Gasteiger partial charge in [-0.2, -0.15) is 10.2 Å². The zero-order valence-electron chi connectivity index (χ0n) is 19.3. The van der Waals surface area contributed by atoms with Crippen molar-refractivity contribution in [3.63, 3.8) is 0 Å². The van der Waals surface area contributed by atoms with Gasteiger partial charge < -0.3 is 19.7 Å². The lowest BCUT2D eigenvalue weighted by Gasteiger charge is -2.28. The Morgan fingerprint density at radius 1 is 1.06 bits per heavy atom. The van der Waals surface area contributed by atoms with Gasteiger partial charge in [0, 0.05) is 24.7 Å². The maximum Gasteiger partial charge on any atom is 0.339 e. The lowest BCUT2D eigenvalue weighted by molar-refractivity contribution is 0.0693. The summed E-state index contributed by atoms with van der Waals surface area (Å²) < 4.78 is 9.02. The number of aromatic hydroxyl groups is 1. The van der Waals surface area contributed by atoms with Gasteiger partial charge in [-0.3, -0.25) is 0 Å². The first kappa shape index (κ1) is 30.2. The van der Waals surface area contributed by atoms with Gasteiger partial charge in [0.15, 0.2) is 6.73 Å². The molecule has 4 rings (SSSR count). The number of aromatic carboxylic acids is 1. The van der Waals surface area contributed by atoms with Crippen molar-refractivity contribution < 1.29 is 24.5 Å².